The SMILES string of the molecule is CCN(CCC(O)c1ccccc1)C1CCCC1. The molecule has 1 N–H and O–H groups in total. The lowest BCUT2D eigenvalue weighted by molar-refractivity contribution is 0.127. The van der Waals surface area contributed by atoms with Crippen molar-refractivity contribution in [3.63, 3.8) is 0 Å². The summed E-state index contributed by atoms with van der Waals surface area (Å²) < 4.78 is 0. The van der Waals surface area contributed by atoms with Gasteiger partial charge in [0.1, 0.15) is 0 Å². The quantitative estimate of drug-likeness (QED) is 0.833. The van der Waals surface area contributed by atoms with Gasteiger partial charge in [-0.05, 0) is 31.4 Å². The predicted molar refractivity (Wildman–Crippen MR) is 75.5 cm³/mol. The molecule has 1 atom stereocenters. The first-order chi connectivity index (χ1) is 8.81. The first-order valence-corrected chi connectivity index (χ1v) is 7.28. The van der Waals surface area contributed by atoms with Gasteiger partial charge < -0.3 is 10.0 Å². The van der Waals surface area contributed by atoms with Gasteiger partial charge in [0.2, 0.25) is 0 Å². The van der Waals surface area contributed by atoms with Gasteiger partial charge in [0.15, 0.2) is 0 Å². The molecule has 0 aliphatic heterocycles. The van der Waals surface area contributed by atoms with Crippen molar-refractivity contribution in [3.8, 4) is 0 Å². The Hall–Kier alpha value is -0.860. The molecule has 0 heterocycles. The molecule has 0 spiro atoms. The van der Waals surface area contributed by atoms with E-state index in [-0.39, 0.29) is 6.10 Å². The lowest BCUT2D eigenvalue weighted by Gasteiger charge is -2.28. The summed E-state index contributed by atoms with van der Waals surface area (Å²) in [5, 5.41) is 10.2. The van der Waals surface area contributed by atoms with Crippen molar-refractivity contribution >= 4 is 0 Å². The van der Waals surface area contributed by atoms with Crippen molar-refractivity contribution < 1.29 is 5.11 Å². The van der Waals surface area contributed by atoms with Crippen LogP contribution in [0.2, 0.25) is 0 Å². The second-order valence-electron chi connectivity index (χ2n) is 5.28. The highest BCUT2D eigenvalue weighted by atomic mass is 16.3. The van der Waals surface area contributed by atoms with Crippen LogP contribution in [-0.4, -0.2) is 29.1 Å². The molecule has 1 aliphatic rings. The minimum atomic E-state index is -0.318. The van der Waals surface area contributed by atoms with Gasteiger partial charge in [0.25, 0.3) is 0 Å². The standard InChI is InChI=1S/C16H25NO/c1-2-17(15-10-6-7-11-15)13-12-16(18)14-8-4-3-5-9-14/h3-5,8-9,15-16,18H,2,6-7,10-13H2,1H3. The Morgan fingerprint density at radius 2 is 1.89 bits per heavy atom. The highest BCUT2D eigenvalue weighted by Gasteiger charge is 2.21. The number of nitrogens with zero attached hydrogens (tertiary/aromatic N) is 1. The molecule has 0 amide bonds. The molecule has 1 fully saturated rings. The first-order valence-electron chi connectivity index (χ1n) is 7.28. The summed E-state index contributed by atoms with van der Waals surface area (Å²) in [7, 11) is 0. The average molecular weight is 247 g/mol. The minimum Gasteiger partial charge on any atom is -0.388 e. The fraction of sp³-hybridized carbons (Fsp3) is 0.625. The van der Waals surface area contributed by atoms with Gasteiger partial charge in [-0.2, -0.15) is 0 Å². The molecular formula is C16H25NO. The van der Waals surface area contributed by atoms with Gasteiger partial charge in [-0.15, -0.1) is 0 Å². The minimum absolute atomic E-state index is 0.318. The van der Waals surface area contributed by atoms with E-state index in [1.807, 2.05) is 30.3 Å². The number of hydrogen-bond donors (Lipinski definition) is 1. The molecule has 18 heavy (non-hydrogen) atoms. The van der Waals surface area contributed by atoms with E-state index in [4.69, 9.17) is 0 Å². The molecule has 2 heteroatoms. The Bertz CT molecular complexity index is 332. The Morgan fingerprint density at radius 3 is 2.50 bits per heavy atom. The monoisotopic (exact) mass is 247 g/mol. The van der Waals surface area contributed by atoms with Crippen LogP contribution in [0.5, 0.6) is 0 Å². The van der Waals surface area contributed by atoms with Crippen molar-refractivity contribution in [2.75, 3.05) is 13.1 Å². The zero-order chi connectivity index (χ0) is 12.8. The van der Waals surface area contributed by atoms with Crippen molar-refractivity contribution in [2.45, 2.75) is 51.2 Å². The number of rotatable bonds is 6. The van der Waals surface area contributed by atoms with E-state index in [2.05, 4.69) is 11.8 Å². The summed E-state index contributed by atoms with van der Waals surface area (Å²) in [5.41, 5.74) is 1.04. The predicted octanol–water partition coefficient (Wildman–Crippen LogP) is 3.37. The van der Waals surface area contributed by atoms with E-state index in [0.717, 1.165) is 31.1 Å². The third kappa shape index (κ3) is 3.56. The van der Waals surface area contributed by atoms with Crippen LogP contribution in [0.25, 0.3) is 0 Å². The highest BCUT2D eigenvalue weighted by molar-refractivity contribution is 5.17. The molecule has 0 aromatic heterocycles. The van der Waals surface area contributed by atoms with Crippen LogP contribution in [0.1, 0.15) is 50.7 Å². The maximum atomic E-state index is 10.2. The van der Waals surface area contributed by atoms with Crippen LogP contribution in [0, 0.1) is 0 Å². The first kappa shape index (κ1) is 13.6. The summed E-state index contributed by atoms with van der Waals surface area (Å²) in [6.07, 6.45) is 5.96. The largest absolute Gasteiger partial charge is 0.388 e. The molecule has 0 radical (unpaired) electrons. The number of hydrogen-bond acceptors (Lipinski definition) is 2. The summed E-state index contributed by atoms with van der Waals surface area (Å²) >= 11 is 0. The molecule has 100 valence electrons. The molecule has 2 rings (SSSR count). The highest BCUT2D eigenvalue weighted by Crippen LogP contribution is 2.25. The molecule has 1 aromatic carbocycles. The summed E-state index contributed by atoms with van der Waals surface area (Å²) in [6.45, 7) is 4.34. The molecule has 0 saturated heterocycles. The van der Waals surface area contributed by atoms with Crippen LogP contribution in [0.4, 0.5) is 0 Å². The number of aliphatic hydroxyl groups excluding tert-OH is 1. The lowest BCUT2D eigenvalue weighted by atomic mass is 10.1. The van der Waals surface area contributed by atoms with E-state index < -0.39 is 0 Å². The zero-order valence-corrected chi connectivity index (χ0v) is 11.4. The summed E-state index contributed by atoms with van der Waals surface area (Å²) in [5.74, 6) is 0. The van der Waals surface area contributed by atoms with Crippen LogP contribution in [-0.2, 0) is 0 Å². The lowest BCUT2D eigenvalue weighted by Crippen LogP contribution is -2.34. The van der Waals surface area contributed by atoms with Gasteiger partial charge in [-0.1, -0.05) is 50.1 Å². The Morgan fingerprint density at radius 1 is 1.22 bits per heavy atom. The van der Waals surface area contributed by atoms with Crippen molar-refractivity contribution in [1.29, 1.82) is 0 Å². The average Bonchev–Trinajstić information content (AvgIpc) is 2.94. The van der Waals surface area contributed by atoms with Crippen LogP contribution >= 0.6 is 0 Å². The zero-order valence-electron chi connectivity index (χ0n) is 11.4. The Labute approximate surface area is 111 Å². The van der Waals surface area contributed by atoms with Crippen LogP contribution < -0.4 is 0 Å². The molecule has 1 aliphatic carbocycles. The topological polar surface area (TPSA) is 23.5 Å². The number of aliphatic hydroxyl groups is 1. The Balaban J connectivity index is 1.82. The molecule has 2 nitrogen and oxygen atoms in total. The van der Waals surface area contributed by atoms with Gasteiger partial charge in [0.05, 0.1) is 6.10 Å². The van der Waals surface area contributed by atoms with Crippen LogP contribution in [0.3, 0.4) is 0 Å². The third-order valence-electron chi connectivity index (χ3n) is 4.12. The second-order valence-corrected chi connectivity index (χ2v) is 5.28. The second kappa shape index (κ2) is 6.91. The van der Waals surface area contributed by atoms with E-state index in [1.54, 1.807) is 0 Å². The Kier molecular flexibility index (Phi) is 5.21. The van der Waals surface area contributed by atoms with Gasteiger partial charge in [0, 0.05) is 12.6 Å². The van der Waals surface area contributed by atoms with Gasteiger partial charge in [-0.3, -0.25) is 0 Å². The smallest absolute Gasteiger partial charge is 0.0802 e. The van der Waals surface area contributed by atoms with E-state index in [0.29, 0.717) is 0 Å². The van der Waals surface area contributed by atoms with E-state index in [9.17, 15) is 5.11 Å². The summed E-state index contributed by atoms with van der Waals surface area (Å²) in [6, 6.07) is 10.8. The normalized spacial score (nSPS) is 18.4. The van der Waals surface area contributed by atoms with Crippen molar-refractivity contribution in [1.82, 2.24) is 4.90 Å². The fourth-order valence-corrected chi connectivity index (χ4v) is 3.00. The maximum absolute atomic E-state index is 10.2. The van der Waals surface area contributed by atoms with Crippen LogP contribution in [0.15, 0.2) is 30.3 Å². The molecule has 1 unspecified atom stereocenters. The molecule has 0 bridgehead atoms. The molecular weight excluding hydrogens is 222 g/mol. The fourth-order valence-electron chi connectivity index (χ4n) is 3.00. The summed E-state index contributed by atoms with van der Waals surface area (Å²) in [4.78, 5) is 2.54. The van der Waals surface area contributed by atoms with Crippen molar-refractivity contribution in [3.05, 3.63) is 35.9 Å². The maximum Gasteiger partial charge on any atom is 0.0802 e. The van der Waals surface area contributed by atoms with Crippen molar-refractivity contribution in [2.24, 2.45) is 0 Å². The van der Waals surface area contributed by atoms with E-state index >= 15 is 0 Å². The molecule has 1 aromatic rings. The number of benzene rings is 1. The van der Waals surface area contributed by atoms with E-state index in [1.165, 1.54) is 25.7 Å². The molecule has 1 saturated carbocycles. The third-order valence-corrected chi connectivity index (χ3v) is 4.12. The van der Waals surface area contributed by atoms with Gasteiger partial charge in [-0.25, -0.2) is 0 Å². The van der Waals surface area contributed by atoms with Gasteiger partial charge >= 0.3 is 0 Å².